The van der Waals surface area contributed by atoms with Crippen LogP contribution >= 0.6 is 23.1 Å². The fourth-order valence-corrected chi connectivity index (χ4v) is 8.82. The molecule has 14 heteroatoms. The summed E-state index contributed by atoms with van der Waals surface area (Å²) in [6.45, 7) is 5.14. The summed E-state index contributed by atoms with van der Waals surface area (Å²) in [7, 11) is 0. The molecule has 3 amide bonds. The van der Waals surface area contributed by atoms with Crippen molar-refractivity contribution in [1.29, 1.82) is 0 Å². The van der Waals surface area contributed by atoms with Crippen LogP contribution in [-0.2, 0) is 27.1 Å². The number of amides is 3. The minimum absolute atomic E-state index is 0.195. The standard InChI is InChI=1S/C33H28F4N4O4S2/c1-3-39(4-2)22-14-8-18(9-15-22)25-26-27(30(44)41(29(26)43)23-7-5-6-19(16-23)33(35,36)37)46-31-28(25)47-32(45)40(31)17-24(42)38-21-12-10-20(34)11-13-21/h5-16,25-27H,3-4,17H2,1-2H3,(H,38,42)/t25-,26?,27?/m1/s1. The Bertz CT molecular complexity index is 1900. The van der Waals surface area contributed by atoms with Gasteiger partial charge in [0, 0.05) is 35.3 Å². The molecule has 1 aromatic heterocycles. The summed E-state index contributed by atoms with van der Waals surface area (Å²) in [4.78, 5) is 57.4. The molecule has 0 spiro atoms. The summed E-state index contributed by atoms with van der Waals surface area (Å²) in [5, 5.41) is 1.89. The number of halogens is 4. The second-order valence-electron chi connectivity index (χ2n) is 11.0. The van der Waals surface area contributed by atoms with E-state index in [4.69, 9.17) is 0 Å². The van der Waals surface area contributed by atoms with Gasteiger partial charge in [-0.3, -0.25) is 23.7 Å². The quantitative estimate of drug-likeness (QED) is 0.172. The third-order valence-corrected chi connectivity index (χ3v) is 10.9. The number of rotatable bonds is 8. The van der Waals surface area contributed by atoms with Crippen molar-refractivity contribution in [1.82, 2.24) is 4.57 Å². The van der Waals surface area contributed by atoms with Crippen LogP contribution < -0.4 is 20.0 Å². The highest BCUT2D eigenvalue weighted by atomic mass is 32.2. The number of alkyl halides is 3. The maximum atomic E-state index is 14.1. The highest BCUT2D eigenvalue weighted by Crippen LogP contribution is 2.54. The number of hydrogen-bond acceptors (Lipinski definition) is 7. The number of nitrogens with zero attached hydrogens (tertiary/aromatic N) is 3. The molecule has 8 nitrogen and oxygen atoms in total. The van der Waals surface area contributed by atoms with E-state index in [1.807, 2.05) is 38.1 Å². The lowest BCUT2D eigenvalue weighted by atomic mass is 9.83. The first kappa shape index (κ1) is 32.5. The van der Waals surface area contributed by atoms with Gasteiger partial charge in [-0.25, -0.2) is 9.29 Å². The topological polar surface area (TPSA) is 91.7 Å². The van der Waals surface area contributed by atoms with Gasteiger partial charge in [0.2, 0.25) is 17.7 Å². The van der Waals surface area contributed by atoms with Gasteiger partial charge in [-0.2, -0.15) is 13.2 Å². The summed E-state index contributed by atoms with van der Waals surface area (Å²) >= 11 is 1.82. The minimum atomic E-state index is -4.69. The van der Waals surface area contributed by atoms with E-state index in [-0.39, 0.29) is 5.69 Å². The number of thiazole rings is 1. The van der Waals surface area contributed by atoms with E-state index >= 15 is 0 Å². The van der Waals surface area contributed by atoms with Gasteiger partial charge in [0.05, 0.1) is 22.2 Å². The summed E-state index contributed by atoms with van der Waals surface area (Å²) < 4.78 is 55.3. The summed E-state index contributed by atoms with van der Waals surface area (Å²) in [5.41, 5.74) is 0.708. The van der Waals surface area contributed by atoms with E-state index in [1.165, 1.54) is 34.9 Å². The molecule has 0 aliphatic carbocycles. The molecule has 2 unspecified atom stereocenters. The van der Waals surface area contributed by atoms with Crippen molar-refractivity contribution in [2.45, 2.75) is 42.8 Å². The molecule has 6 rings (SSSR count). The summed E-state index contributed by atoms with van der Waals surface area (Å²) in [6.07, 6.45) is -4.69. The van der Waals surface area contributed by atoms with E-state index < -0.39 is 63.8 Å². The Morgan fingerprint density at radius 2 is 1.62 bits per heavy atom. The Kier molecular flexibility index (Phi) is 8.74. The number of thioether (sulfide) groups is 1. The average Bonchev–Trinajstić information content (AvgIpc) is 3.49. The zero-order chi connectivity index (χ0) is 33.6. The third-order valence-electron chi connectivity index (χ3n) is 8.29. The van der Waals surface area contributed by atoms with Crippen LogP contribution in [0.4, 0.5) is 34.6 Å². The average molecular weight is 685 g/mol. The molecular formula is C33H28F4N4O4S2. The molecule has 3 atom stereocenters. The second-order valence-corrected chi connectivity index (χ2v) is 13.2. The monoisotopic (exact) mass is 684 g/mol. The first-order valence-corrected chi connectivity index (χ1v) is 16.5. The molecule has 0 saturated carbocycles. The van der Waals surface area contributed by atoms with Crippen molar-refractivity contribution in [3.63, 3.8) is 0 Å². The Morgan fingerprint density at radius 1 is 0.936 bits per heavy atom. The summed E-state index contributed by atoms with van der Waals surface area (Å²) in [6, 6.07) is 16.6. The molecule has 0 radical (unpaired) electrons. The van der Waals surface area contributed by atoms with Gasteiger partial charge in [0.1, 0.15) is 17.6 Å². The smallest absolute Gasteiger partial charge is 0.372 e. The lowest BCUT2D eigenvalue weighted by molar-refractivity contribution is -0.137. The van der Waals surface area contributed by atoms with Crippen molar-refractivity contribution in [3.8, 4) is 0 Å². The number of imide groups is 1. The molecule has 2 aliphatic heterocycles. The lowest BCUT2D eigenvalue weighted by Gasteiger charge is -2.31. The van der Waals surface area contributed by atoms with Crippen LogP contribution in [0.3, 0.4) is 0 Å². The van der Waals surface area contributed by atoms with Crippen LogP contribution in [0.5, 0.6) is 0 Å². The first-order chi connectivity index (χ1) is 22.4. The maximum absolute atomic E-state index is 14.1. The SMILES string of the molecule is CCN(CC)c1ccc([C@H]2c3sc(=O)n(CC(=O)Nc4ccc(F)cc4)c3SC3C(=O)N(c4cccc(C(F)(F)F)c4)C(=O)C32)cc1. The van der Waals surface area contributed by atoms with Crippen LogP contribution in [0.1, 0.15) is 35.8 Å². The molecule has 1 fully saturated rings. The zero-order valence-electron chi connectivity index (χ0n) is 25.1. The lowest BCUT2D eigenvalue weighted by Crippen LogP contribution is -2.33. The maximum Gasteiger partial charge on any atom is 0.416 e. The molecule has 1 saturated heterocycles. The normalized spacial score (nSPS) is 19.0. The van der Waals surface area contributed by atoms with E-state index in [0.29, 0.717) is 21.2 Å². The third kappa shape index (κ3) is 6.07. The van der Waals surface area contributed by atoms with Crippen molar-refractivity contribution in [3.05, 3.63) is 104 Å². The van der Waals surface area contributed by atoms with E-state index in [9.17, 15) is 36.7 Å². The first-order valence-electron chi connectivity index (χ1n) is 14.8. The summed E-state index contributed by atoms with van der Waals surface area (Å²) in [5.74, 6) is -4.23. The number of fused-ring (bicyclic) bond motifs is 2. The fourth-order valence-electron chi connectivity index (χ4n) is 6.05. The minimum Gasteiger partial charge on any atom is -0.372 e. The van der Waals surface area contributed by atoms with E-state index in [0.717, 1.165) is 65.0 Å². The van der Waals surface area contributed by atoms with E-state index in [2.05, 4.69) is 10.2 Å². The zero-order valence-corrected chi connectivity index (χ0v) is 26.7. The van der Waals surface area contributed by atoms with Crippen LogP contribution in [0.15, 0.2) is 82.6 Å². The molecule has 3 aromatic carbocycles. The number of aromatic nitrogens is 1. The van der Waals surface area contributed by atoms with Crippen LogP contribution in [0.2, 0.25) is 0 Å². The Balaban J connectivity index is 1.41. The van der Waals surface area contributed by atoms with Gasteiger partial charge < -0.3 is 10.2 Å². The number of benzene rings is 3. The predicted octanol–water partition coefficient (Wildman–Crippen LogP) is 6.35. The second kappa shape index (κ2) is 12.6. The Hall–Kier alpha value is -4.43. The van der Waals surface area contributed by atoms with Gasteiger partial charge in [0.25, 0.3) is 0 Å². The van der Waals surface area contributed by atoms with Crippen molar-refractivity contribution >= 4 is 57.9 Å². The molecule has 244 valence electrons. The molecule has 2 aliphatic rings. The largest absolute Gasteiger partial charge is 0.416 e. The predicted molar refractivity (Wildman–Crippen MR) is 173 cm³/mol. The molecule has 0 bridgehead atoms. The van der Waals surface area contributed by atoms with Crippen LogP contribution in [0.25, 0.3) is 0 Å². The van der Waals surface area contributed by atoms with Crippen molar-refractivity contribution in [2.24, 2.45) is 5.92 Å². The van der Waals surface area contributed by atoms with Gasteiger partial charge in [-0.1, -0.05) is 41.3 Å². The van der Waals surface area contributed by atoms with Gasteiger partial charge in [-0.05, 0) is 74.0 Å². The van der Waals surface area contributed by atoms with Crippen LogP contribution in [-0.4, -0.2) is 40.6 Å². The number of carbonyl (C=O) groups excluding carboxylic acids is 3. The number of anilines is 3. The van der Waals surface area contributed by atoms with Gasteiger partial charge >= 0.3 is 11.0 Å². The number of hydrogen-bond donors (Lipinski definition) is 1. The van der Waals surface area contributed by atoms with Crippen molar-refractivity contribution in [2.75, 3.05) is 28.2 Å². The molecule has 47 heavy (non-hydrogen) atoms. The molecule has 4 aromatic rings. The number of carbonyl (C=O) groups is 3. The number of nitrogens with one attached hydrogen (secondary N) is 1. The highest BCUT2D eigenvalue weighted by Gasteiger charge is 2.57. The highest BCUT2D eigenvalue weighted by molar-refractivity contribution is 8.00. The molecular weight excluding hydrogens is 657 g/mol. The van der Waals surface area contributed by atoms with Gasteiger partial charge in [0.15, 0.2) is 0 Å². The van der Waals surface area contributed by atoms with E-state index in [1.54, 1.807) is 0 Å². The molecule has 1 N–H and O–H groups in total. The fraction of sp³-hybridized carbons (Fsp3) is 0.273. The van der Waals surface area contributed by atoms with Gasteiger partial charge in [-0.15, -0.1) is 0 Å². The molecule has 3 heterocycles. The Labute approximate surface area is 275 Å². The Morgan fingerprint density at radius 3 is 2.26 bits per heavy atom. The van der Waals surface area contributed by atoms with Crippen LogP contribution in [0, 0.1) is 11.7 Å². The van der Waals surface area contributed by atoms with Crippen molar-refractivity contribution < 1.29 is 31.9 Å².